The summed E-state index contributed by atoms with van der Waals surface area (Å²) in [7, 11) is 1.41. The molecule has 1 N–H and O–H groups in total. The third kappa shape index (κ3) is 3.14. The number of hydrogen-bond acceptors (Lipinski definition) is 3. The number of nitrogens with one attached hydrogen (secondary N) is 1. The number of carbonyl (C=O) groups excluding carboxylic acids is 1. The summed E-state index contributed by atoms with van der Waals surface area (Å²) in [6.07, 6.45) is 1.71. The molecule has 0 fully saturated rings. The van der Waals surface area contributed by atoms with E-state index in [1.165, 1.54) is 7.11 Å². The minimum absolute atomic E-state index is 0.328. The van der Waals surface area contributed by atoms with Crippen LogP contribution in [0.5, 0.6) is 0 Å². The van der Waals surface area contributed by atoms with Crippen molar-refractivity contribution in [2.24, 2.45) is 0 Å². The largest absolute Gasteiger partial charge is 0.278 e. The summed E-state index contributed by atoms with van der Waals surface area (Å²) in [5.41, 5.74) is 6.32. The standard InChI is InChI=1S/C18H17N3O2/c1-13-7-6-8-14(11-13)17-16(18(22)20-23-2)12-21(19-17)15-9-4-3-5-10-15/h3-12H,1-2H3,(H,20,22). The molecule has 5 nitrogen and oxygen atoms in total. The molecule has 0 saturated carbocycles. The molecule has 1 amide bonds. The van der Waals surface area contributed by atoms with Crippen LogP contribution in [0, 0.1) is 6.92 Å². The van der Waals surface area contributed by atoms with E-state index in [0.717, 1.165) is 16.8 Å². The van der Waals surface area contributed by atoms with Crippen LogP contribution in [0.2, 0.25) is 0 Å². The molecule has 0 aliphatic carbocycles. The maximum absolute atomic E-state index is 12.3. The van der Waals surface area contributed by atoms with E-state index in [9.17, 15) is 4.79 Å². The molecule has 3 rings (SSSR count). The van der Waals surface area contributed by atoms with Gasteiger partial charge in [-0.15, -0.1) is 0 Å². The minimum Gasteiger partial charge on any atom is -0.277 e. The monoisotopic (exact) mass is 307 g/mol. The number of para-hydroxylation sites is 1. The van der Waals surface area contributed by atoms with Gasteiger partial charge < -0.3 is 0 Å². The molecule has 0 aliphatic rings. The van der Waals surface area contributed by atoms with Gasteiger partial charge in [-0.1, -0.05) is 42.0 Å². The maximum Gasteiger partial charge on any atom is 0.278 e. The molecular formula is C18H17N3O2. The second-order valence-corrected chi connectivity index (χ2v) is 5.18. The Morgan fingerprint density at radius 2 is 1.91 bits per heavy atom. The highest BCUT2D eigenvalue weighted by atomic mass is 16.6. The van der Waals surface area contributed by atoms with Crippen LogP contribution in [0.15, 0.2) is 60.8 Å². The van der Waals surface area contributed by atoms with Crippen LogP contribution in [-0.4, -0.2) is 22.8 Å². The Balaban J connectivity index is 2.13. The van der Waals surface area contributed by atoms with Crippen molar-refractivity contribution in [3.8, 4) is 16.9 Å². The number of hydroxylamine groups is 1. The molecule has 0 unspecified atom stereocenters. The van der Waals surface area contributed by atoms with Crippen LogP contribution in [0.1, 0.15) is 15.9 Å². The van der Waals surface area contributed by atoms with Gasteiger partial charge in [0.05, 0.1) is 18.4 Å². The topological polar surface area (TPSA) is 56.1 Å². The Morgan fingerprint density at radius 3 is 2.61 bits per heavy atom. The zero-order valence-corrected chi connectivity index (χ0v) is 13.0. The number of aromatic nitrogens is 2. The number of hydrogen-bond donors (Lipinski definition) is 1. The van der Waals surface area contributed by atoms with E-state index in [0.29, 0.717) is 11.3 Å². The lowest BCUT2D eigenvalue weighted by Gasteiger charge is -2.03. The Morgan fingerprint density at radius 1 is 1.13 bits per heavy atom. The van der Waals surface area contributed by atoms with Gasteiger partial charge >= 0.3 is 0 Å². The van der Waals surface area contributed by atoms with Gasteiger partial charge in [-0.25, -0.2) is 10.2 Å². The van der Waals surface area contributed by atoms with Crippen molar-refractivity contribution in [1.82, 2.24) is 15.3 Å². The predicted molar refractivity (Wildman–Crippen MR) is 88.2 cm³/mol. The van der Waals surface area contributed by atoms with Crippen LogP contribution in [0.25, 0.3) is 16.9 Å². The number of nitrogens with zero attached hydrogens (tertiary/aromatic N) is 2. The molecule has 23 heavy (non-hydrogen) atoms. The summed E-state index contributed by atoms with van der Waals surface area (Å²) in [6, 6.07) is 17.6. The first-order valence-electron chi connectivity index (χ1n) is 7.24. The zero-order chi connectivity index (χ0) is 16.2. The van der Waals surface area contributed by atoms with Crippen LogP contribution < -0.4 is 5.48 Å². The molecule has 3 aromatic rings. The van der Waals surface area contributed by atoms with Crippen LogP contribution in [0.4, 0.5) is 0 Å². The molecular weight excluding hydrogens is 290 g/mol. The normalized spacial score (nSPS) is 10.5. The summed E-state index contributed by atoms with van der Waals surface area (Å²) in [5.74, 6) is -0.328. The first-order valence-corrected chi connectivity index (χ1v) is 7.24. The van der Waals surface area contributed by atoms with E-state index in [2.05, 4.69) is 10.6 Å². The fourth-order valence-electron chi connectivity index (χ4n) is 2.41. The lowest BCUT2D eigenvalue weighted by molar-refractivity contribution is 0.0538. The third-order valence-corrected chi connectivity index (χ3v) is 3.47. The number of amides is 1. The van der Waals surface area contributed by atoms with Crippen molar-refractivity contribution < 1.29 is 9.63 Å². The van der Waals surface area contributed by atoms with E-state index in [-0.39, 0.29) is 5.91 Å². The average molecular weight is 307 g/mol. The van der Waals surface area contributed by atoms with Gasteiger partial charge in [0, 0.05) is 11.8 Å². The van der Waals surface area contributed by atoms with E-state index in [4.69, 9.17) is 4.84 Å². The van der Waals surface area contributed by atoms with Crippen LogP contribution >= 0.6 is 0 Å². The van der Waals surface area contributed by atoms with Crippen molar-refractivity contribution in [1.29, 1.82) is 0 Å². The molecule has 1 aromatic heterocycles. The lowest BCUT2D eigenvalue weighted by atomic mass is 10.1. The van der Waals surface area contributed by atoms with Crippen molar-refractivity contribution in [2.45, 2.75) is 6.92 Å². The average Bonchev–Trinajstić information content (AvgIpc) is 3.01. The number of rotatable bonds is 4. The maximum atomic E-state index is 12.3. The second-order valence-electron chi connectivity index (χ2n) is 5.18. The number of carbonyl (C=O) groups is 1. The molecule has 5 heteroatoms. The van der Waals surface area contributed by atoms with Crippen LogP contribution in [-0.2, 0) is 4.84 Å². The fourth-order valence-corrected chi connectivity index (χ4v) is 2.41. The summed E-state index contributed by atoms with van der Waals surface area (Å²) >= 11 is 0. The Hall–Kier alpha value is -2.92. The first kappa shape index (κ1) is 15.0. The minimum atomic E-state index is -0.328. The molecule has 0 radical (unpaired) electrons. The van der Waals surface area contributed by atoms with Crippen molar-refractivity contribution in [3.05, 3.63) is 71.9 Å². The molecule has 0 bridgehead atoms. The van der Waals surface area contributed by atoms with Gasteiger partial charge in [-0.2, -0.15) is 5.10 Å². The highest BCUT2D eigenvalue weighted by Crippen LogP contribution is 2.24. The molecule has 1 heterocycles. The predicted octanol–water partition coefficient (Wildman–Crippen LogP) is 3.14. The van der Waals surface area contributed by atoms with Gasteiger partial charge in [0.15, 0.2) is 0 Å². The highest BCUT2D eigenvalue weighted by Gasteiger charge is 2.18. The quantitative estimate of drug-likeness (QED) is 0.753. The summed E-state index contributed by atoms with van der Waals surface area (Å²) < 4.78 is 1.70. The zero-order valence-electron chi connectivity index (χ0n) is 13.0. The molecule has 0 atom stereocenters. The van der Waals surface area contributed by atoms with Gasteiger partial charge in [-0.3, -0.25) is 9.63 Å². The Bertz CT molecular complexity index is 825. The van der Waals surface area contributed by atoms with E-state index < -0.39 is 0 Å². The fraction of sp³-hybridized carbons (Fsp3) is 0.111. The molecule has 0 spiro atoms. The van der Waals surface area contributed by atoms with Gasteiger partial charge in [0.2, 0.25) is 0 Å². The third-order valence-electron chi connectivity index (χ3n) is 3.47. The van der Waals surface area contributed by atoms with E-state index >= 15 is 0 Å². The highest BCUT2D eigenvalue weighted by molar-refractivity contribution is 5.99. The summed E-state index contributed by atoms with van der Waals surface area (Å²) in [6.45, 7) is 2.01. The molecule has 0 saturated heterocycles. The van der Waals surface area contributed by atoms with E-state index in [1.54, 1.807) is 10.9 Å². The second kappa shape index (κ2) is 6.46. The lowest BCUT2D eigenvalue weighted by Crippen LogP contribution is -2.21. The summed E-state index contributed by atoms with van der Waals surface area (Å²) in [4.78, 5) is 17.0. The SMILES string of the molecule is CONC(=O)c1cn(-c2ccccc2)nc1-c1cccc(C)c1. The summed E-state index contributed by atoms with van der Waals surface area (Å²) in [5, 5.41) is 4.60. The van der Waals surface area contributed by atoms with Crippen LogP contribution in [0.3, 0.4) is 0 Å². The number of benzene rings is 2. The molecule has 0 aliphatic heterocycles. The van der Waals surface area contributed by atoms with E-state index in [1.807, 2.05) is 61.5 Å². The molecule has 2 aromatic carbocycles. The smallest absolute Gasteiger partial charge is 0.277 e. The Kier molecular flexibility index (Phi) is 4.21. The van der Waals surface area contributed by atoms with Crippen molar-refractivity contribution in [3.63, 3.8) is 0 Å². The van der Waals surface area contributed by atoms with Gasteiger partial charge in [0.25, 0.3) is 5.91 Å². The van der Waals surface area contributed by atoms with Crippen molar-refractivity contribution in [2.75, 3.05) is 7.11 Å². The van der Waals surface area contributed by atoms with Gasteiger partial charge in [-0.05, 0) is 25.1 Å². The van der Waals surface area contributed by atoms with Crippen molar-refractivity contribution >= 4 is 5.91 Å². The van der Waals surface area contributed by atoms with Gasteiger partial charge in [0.1, 0.15) is 5.69 Å². The Labute approximate surface area is 134 Å². The molecule has 116 valence electrons. The first-order chi connectivity index (χ1) is 11.2. The number of aryl methyl sites for hydroxylation is 1.